The van der Waals surface area contributed by atoms with Crippen molar-refractivity contribution in [3.8, 4) is 6.07 Å². The fourth-order valence-corrected chi connectivity index (χ4v) is 5.26. The molecule has 1 aromatic carbocycles. The van der Waals surface area contributed by atoms with Crippen LogP contribution in [0.3, 0.4) is 0 Å². The Balaban J connectivity index is 2.42. The highest BCUT2D eigenvalue weighted by Gasteiger charge is 2.35. The highest BCUT2D eigenvalue weighted by Crippen LogP contribution is 2.33. The minimum atomic E-state index is -1.28. The van der Waals surface area contributed by atoms with Crippen molar-refractivity contribution in [3.63, 3.8) is 0 Å². The number of para-hydroxylation sites is 1. The van der Waals surface area contributed by atoms with Crippen molar-refractivity contribution >= 4 is 13.9 Å². The van der Waals surface area contributed by atoms with Crippen molar-refractivity contribution < 1.29 is 0 Å². The van der Waals surface area contributed by atoms with Crippen LogP contribution in [0.5, 0.6) is 0 Å². The van der Waals surface area contributed by atoms with Crippen molar-refractivity contribution in [3.05, 3.63) is 29.8 Å². The van der Waals surface area contributed by atoms with Crippen molar-refractivity contribution in [2.24, 2.45) is 0 Å². The zero-order valence-corrected chi connectivity index (χ0v) is 10.3. The quantitative estimate of drug-likeness (QED) is 0.675. The standard InChI is InChI=1S/C12H16N2Si/c1-15(2)9-5-8-14(15)12-7-4-3-6-11(12)10-13/h3-4,6-7H,5,8-9H2,1-2H3. The SMILES string of the molecule is C[Si]1(C)CCCN1c1ccccc1C#N. The summed E-state index contributed by atoms with van der Waals surface area (Å²) in [5.74, 6) is 0. The van der Waals surface area contributed by atoms with E-state index in [1.165, 1.54) is 12.5 Å². The molecule has 0 N–H and O–H groups in total. The Labute approximate surface area is 92.2 Å². The lowest BCUT2D eigenvalue weighted by Gasteiger charge is -2.32. The van der Waals surface area contributed by atoms with Gasteiger partial charge in [-0.15, -0.1) is 0 Å². The molecule has 0 aromatic heterocycles. The third-order valence-electron chi connectivity index (χ3n) is 3.22. The first kappa shape index (κ1) is 10.3. The summed E-state index contributed by atoms with van der Waals surface area (Å²) in [6.07, 6.45) is 1.28. The van der Waals surface area contributed by atoms with Crippen LogP contribution in [0.2, 0.25) is 19.1 Å². The summed E-state index contributed by atoms with van der Waals surface area (Å²) in [4.78, 5) is 0. The molecule has 1 fully saturated rings. The van der Waals surface area contributed by atoms with E-state index in [2.05, 4.69) is 29.8 Å². The van der Waals surface area contributed by atoms with Gasteiger partial charge in [0.2, 0.25) is 0 Å². The maximum absolute atomic E-state index is 9.09. The predicted octanol–water partition coefficient (Wildman–Crippen LogP) is 2.97. The Morgan fingerprint density at radius 1 is 1.33 bits per heavy atom. The van der Waals surface area contributed by atoms with Gasteiger partial charge in [0.15, 0.2) is 8.24 Å². The first-order valence-electron chi connectivity index (χ1n) is 5.42. The molecule has 0 radical (unpaired) electrons. The van der Waals surface area contributed by atoms with Crippen LogP contribution in [-0.2, 0) is 0 Å². The van der Waals surface area contributed by atoms with E-state index < -0.39 is 8.24 Å². The summed E-state index contributed by atoms with van der Waals surface area (Å²) in [6.45, 7) is 5.89. The molecule has 1 heterocycles. The van der Waals surface area contributed by atoms with Crippen LogP contribution in [0.25, 0.3) is 0 Å². The van der Waals surface area contributed by atoms with Crippen LogP contribution in [0, 0.1) is 11.3 Å². The molecule has 1 aromatic rings. The second-order valence-corrected chi connectivity index (χ2v) is 9.36. The van der Waals surface area contributed by atoms with Gasteiger partial charge in [-0.2, -0.15) is 5.26 Å². The molecule has 15 heavy (non-hydrogen) atoms. The molecule has 1 aliphatic heterocycles. The van der Waals surface area contributed by atoms with E-state index in [4.69, 9.17) is 5.26 Å². The monoisotopic (exact) mass is 216 g/mol. The molecule has 0 saturated carbocycles. The number of nitriles is 1. The Morgan fingerprint density at radius 2 is 2.07 bits per heavy atom. The molecule has 0 amide bonds. The van der Waals surface area contributed by atoms with Gasteiger partial charge in [0.25, 0.3) is 0 Å². The summed E-state index contributed by atoms with van der Waals surface area (Å²) in [5, 5.41) is 9.09. The third-order valence-corrected chi connectivity index (χ3v) is 6.72. The molecule has 1 saturated heterocycles. The van der Waals surface area contributed by atoms with Crippen molar-refractivity contribution in [2.45, 2.75) is 25.6 Å². The van der Waals surface area contributed by atoms with E-state index in [1.807, 2.05) is 18.2 Å². The lowest BCUT2D eigenvalue weighted by atomic mass is 10.2. The molecular weight excluding hydrogens is 200 g/mol. The molecule has 0 bridgehead atoms. The Hall–Kier alpha value is -1.27. The lowest BCUT2D eigenvalue weighted by molar-refractivity contribution is 0.981. The Kier molecular flexibility index (Phi) is 2.53. The summed E-state index contributed by atoms with van der Waals surface area (Å²) >= 11 is 0. The van der Waals surface area contributed by atoms with Crippen LogP contribution in [0.1, 0.15) is 12.0 Å². The maximum Gasteiger partial charge on any atom is 0.150 e. The first-order valence-corrected chi connectivity index (χ1v) is 8.57. The molecule has 0 spiro atoms. The fourth-order valence-electron chi connectivity index (χ4n) is 2.36. The van der Waals surface area contributed by atoms with E-state index in [9.17, 15) is 0 Å². The fraction of sp³-hybridized carbons (Fsp3) is 0.417. The Morgan fingerprint density at radius 3 is 2.67 bits per heavy atom. The van der Waals surface area contributed by atoms with Crippen molar-refractivity contribution in [2.75, 3.05) is 11.1 Å². The average Bonchev–Trinajstić information content (AvgIpc) is 2.58. The number of rotatable bonds is 1. The van der Waals surface area contributed by atoms with E-state index in [0.29, 0.717) is 0 Å². The van der Waals surface area contributed by atoms with Gasteiger partial charge in [-0.25, -0.2) is 0 Å². The number of anilines is 1. The largest absolute Gasteiger partial charge is 0.397 e. The molecule has 0 aliphatic carbocycles. The zero-order chi connectivity index (χ0) is 10.9. The van der Waals surface area contributed by atoms with Gasteiger partial charge in [-0.1, -0.05) is 25.2 Å². The first-order chi connectivity index (χ1) is 7.15. The maximum atomic E-state index is 9.09. The Bertz CT molecular complexity index is 406. The number of hydrogen-bond donors (Lipinski definition) is 0. The summed E-state index contributed by atoms with van der Waals surface area (Å²) in [7, 11) is -1.28. The predicted molar refractivity (Wildman–Crippen MR) is 65.4 cm³/mol. The molecule has 3 heteroatoms. The minimum Gasteiger partial charge on any atom is -0.397 e. The van der Waals surface area contributed by atoms with Crippen LogP contribution in [0.15, 0.2) is 24.3 Å². The molecule has 0 atom stereocenters. The highest BCUT2D eigenvalue weighted by atomic mass is 28.3. The summed E-state index contributed by atoms with van der Waals surface area (Å²) in [6, 6.07) is 11.6. The van der Waals surface area contributed by atoms with Crippen molar-refractivity contribution in [1.29, 1.82) is 5.26 Å². The minimum absolute atomic E-state index is 0.819. The summed E-state index contributed by atoms with van der Waals surface area (Å²) < 4.78 is 2.49. The second-order valence-electron chi connectivity index (χ2n) is 4.70. The van der Waals surface area contributed by atoms with Gasteiger partial charge >= 0.3 is 0 Å². The number of benzene rings is 1. The van der Waals surface area contributed by atoms with Gasteiger partial charge in [0.05, 0.1) is 5.56 Å². The molecule has 2 nitrogen and oxygen atoms in total. The summed E-state index contributed by atoms with van der Waals surface area (Å²) in [5.41, 5.74) is 1.97. The molecule has 0 unspecified atom stereocenters. The van der Waals surface area contributed by atoms with Crippen LogP contribution in [0.4, 0.5) is 5.69 Å². The molecule has 1 aliphatic rings. The van der Waals surface area contributed by atoms with Crippen LogP contribution >= 0.6 is 0 Å². The van der Waals surface area contributed by atoms with Crippen molar-refractivity contribution in [1.82, 2.24) is 0 Å². The molecule has 78 valence electrons. The normalized spacial score (nSPS) is 18.9. The van der Waals surface area contributed by atoms with Gasteiger partial charge in [-0.05, 0) is 24.6 Å². The third kappa shape index (κ3) is 1.77. The van der Waals surface area contributed by atoms with E-state index >= 15 is 0 Å². The topological polar surface area (TPSA) is 27.0 Å². The van der Waals surface area contributed by atoms with Gasteiger partial charge < -0.3 is 4.57 Å². The molecule has 2 rings (SSSR count). The van der Waals surface area contributed by atoms with Crippen LogP contribution < -0.4 is 4.57 Å². The lowest BCUT2D eigenvalue weighted by Crippen LogP contribution is -2.43. The van der Waals surface area contributed by atoms with Gasteiger partial charge in [-0.3, -0.25) is 0 Å². The van der Waals surface area contributed by atoms with Crippen LogP contribution in [-0.4, -0.2) is 14.8 Å². The average molecular weight is 216 g/mol. The van der Waals surface area contributed by atoms with Gasteiger partial charge in [0, 0.05) is 12.2 Å². The smallest absolute Gasteiger partial charge is 0.150 e. The second kappa shape index (κ2) is 3.71. The number of hydrogen-bond acceptors (Lipinski definition) is 2. The zero-order valence-electron chi connectivity index (χ0n) is 9.33. The van der Waals surface area contributed by atoms with E-state index in [0.717, 1.165) is 17.8 Å². The highest BCUT2D eigenvalue weighted by molar-refractivity contribution is 6.81. The van der Waals surface area contributed by atoms with E-state index in [1.54, 1.807) is 0 Å². The molecular formula is C12H16N2Si. The van der Waals surface area contributed by atoms with Gasteiger partial charge in [0.1, 0.15) is 6.07 Å². The van der Waals surface area contributed by atoms with E-state index in [-0.39, 0.29) is 0 Å². The number of nitrogens with zero attached hydrogens (tertiary/aromatic N) is 2.